The predicted molar refractivity (Wildman–Crippen MR) is 98.6 cm³/mol. The zero-order chi connectivity index (χ0) is 15.8. The number of hydrogen-bond acceptors (Lipinski definition) is 0. The molecule has 0 aliphatic heterocycles. The summed E-state index contributed by atoms with van der Waals surface area (Å²) in [5.74, 6) is 1.78. The van der Waals surface area contributed by atoms with E-state index in [4.69, 9.17) is 0 Å². The van der Waals surface area contributed by atoms with Gasteiger partial charge in [-0.3, -0.25) is 0 Å². The fourth-order valence-electron chi connectivity index (χ4n) is 3.37. The molecule has 0 heterocycles. The molecule has 0 saturated carbocycles. The molecule has 0 spiro atoms. The van der Waals surface area contributed by atoms with Crippen molar-refractivity contribution in [3.63, 3.8) is 0 Å². The molecule has 21 heavy (non-hydrogen) atoms. The molecule has 0 nitrogen and oxygen atoms in total. The highest BCUT2D eigenvalue weighted by molar-refractivity contribution is 4.83. The Morgan fingerprint density at radius 1 is 0.524 bits per heavy atom. The van der Waals surface area contributed by atoms with Crippen LogP contribution in [0.1, 0.15) is 118 Å². The fraction of sp³-hybridized carbons (Fsp3) is 0.952. The first-order valence-corrected chi connectivity index (χ1v) is 10.1. The topological polar surface area (TPSA) is 0 Å². The van der Waals surface area contributed by atoms with Crippen LogP contribution < -0.4 is 0 Å². The first-order chi connectivity index (χ1) is 10.3. The maximum Gasteiger partial charge on any atom is -0.0324 e. The van der Waals surface area contributed by atoms with Crippen LogP contribution in [-0.2, 0) is 0 Å². The first-order valence-electron chi connectivity index (χ1n) is 10.1. The van der Waals surface area contributed by atoms with Crippen LogP contribution in [0, 0.1) is 18.3 Å². The average Bonchev–Trinajstić information content (AvgIpc) is 2.49. The summed E-state index contributed by atoms with van der Waals surface area (Å²) in [6.45, 7) is 9.33. The van der Waals surface area contributed by atoms with E-state index in [1.165, 1.54) is 89.9 Å². The van der Waals surface area contributed by atoms with E-state index in [9.17, 15) is 0 Å². The summed E-state index contributed by atoms with van der Waals surface area (Å²) in [7, 11) is 0. The Hall–Kier alpha value is 0. The third-order valence-corrected chi connectivity index (χ3v) is 4.84. The van der Waals surface area contributed by atoms with Crippen molar-refractivity contribution in [2.45, 2.75) is 118 Å². The highest BCUT2D eigenvalue weighted by Crippen LogP contribution is 2.27. The minimum atomic E-state index is 0.883. The van der Waals surface area contributed by atoms with Gasteiger partial charge >= 0.3 is 0 Å². The standard InChI is InChI=1S/C21H43/c1-5-9-11-12-13-15-18-21(16-7-3)19-20(8-4)17-14-10-6-2/h19-21H,5-18H2,1-4H3. The fourth-order valence-corrected chi connectivity index (χ4v) is 3.37. The normalized spacial score (nSPS) is 14.3. The molecule has 1 radical (unpaired) electrons. The Morgan fingerprint density at radius 2 is 1.05 bits per heavy atom. The third kappa shape index (κ3) is 13.4. The molecule has 0 fully saturated rings. The Morgan fingerprint density at radius 3 is 1.67 bits per heavy atom. The van der Waals surface area contributed by atoms with Crippen molar-refractivity contribution in [3.05, 3.63) is 6.42 Å². The Balaban J connectivity index is 3.85. The van der Waals surface area contributed by atoms with Gasteiger partial charge in [-0.05, 0) is 18.3 Å². The molecule has 0 aromatic carbocycles. The highest BCUT2D eigenvalue weighted by atomic mass is 14.2. The summed E-state index contributed by atoms with van der Waals surface area (Å²) < 4.78 is 0. The Bertz CT molecular complexity index is 184. The SMILES string of the molecule is CCCCCCCCC([CH]C(CC)CCCCC)CCC. The molecule has 0 bridgehead atoms. The van der Waals surface area contributed by atoms with Gasteiger partial charge in [-0.15, -0.1) is 0 Å². The van der Waals surface area contributed by atoms with E-state index in [1.807, 2.05) is 0 Å². The molecule has 0 heteroatoms. The summed E-state index contributed by atoms with van der Waals surface area (Å²) >= 11 is 0. The summed E-state index contributed by atoms with van der Waals surface area (Å²) in [5.41, 5.74) is 0. The summed E-state index contributed by atoms with van der Waals surface area (Å²) in [6, 6.07) is 0. The van der Waals surface area contributed by atoms with Gasteiger partial charge in [-0.2, -0.15) is 0 Å². The van der Waals surface area contributed by atoms with Gasteiger partial charge in [0.15, 0.2) is 0 Å². The summed E-state index contributed by atoms with van der Waals surface area (Å²) in [6.07, 6.45) is 22.6. The van der Waals surface area contributed by atoms with Crippen molar-refractivity contribution in [2.75, 3.05) is 0 Å². The van der Waals surface area contributed by atoms with E-state index in [-0.39, 0.29) is 0 Å². The lowest BCUT2D eigenvalue weighted by Gasteiger charge is -2.22. The second-order valence-electron chi connectivity index (χ2n) is 6.96. The molecular formula is C21H43. The van der Waals surface area contributed by atoms with Gasteiger partial charge in [-0.25, -0.2) is 0 Å². The predicted octanol–water partition coefficient (Wildman–Crippen LogP) is 7.96. The van der Waals surface area contributed by atoms with Gasteiger partial charge in [0.1, 0.15) is 0 Å². The lowest BCUT2D eigenvalue weighted by atomic mass is 9.83. The molecule has 0 aliphatic carbocycles. The van der Waals surface area contributed by atoms with Crippen LogP contribution in [0.4, 0.5) is 0 Å². The van der Waals surface area contributed by atoms with Crippen molar-refractivity contribution in [3.8, 4) is 0 Å². The molecule has 0 N–H and O–H groups in total. The highest BCUT2D eigenvalue weighted by Gasteiger charge is 2.14. The average molecular weight is 296 g/mol. The molecule has 0 rings (SSSR count). The van der Waals surface area contributed by atoms with Crippen molar-refractivity contribution in [1.29, 1.82) is 0 Å². The van der Waals surface area contributed by atoms with Crippen LogP contribution in [0.2, 0.25) is 0 Å². The lowest BCUT2D eigenvalue weighted by Crippen LogP contribution is -2.10. The first kappa shape index (κ1) is 21.0. The summed E-state index contributed by atoms with van der Waals surface area (Å²) in [4.78, 5) is 0. The second-order valence-corrected chi connectivity index (χ2v) is 6.96. The van der Waals surface area contributed by atoms with E-state index in [0.29, 0.717) is 0 Å². The minimum absolute atomic E-state index is 0.883. The molecular weight excluding hydrogens is 252 g/mol. The van der Waals surface area contributed by atoms with Crippen LogP contribution in [0.3, 0.4) is 0 Å². The van der Waals surface area contributed by atoms with Crippen LogP contribution in [0.5, 0.6) is 0 Å². The quantitative estimate of drug-likeness (QED) is 0.253. The molecule has 0 aliphatic rings. The molecule has 0 amide bonds. The number of hydrogen-bond donors (Lipinski definition) is 0. The van der Waals surface area contributed by atoms with Gasteiger partial charge < -0.3 is 0 Å². The minimum Gasteiger partial charge on any atom is -0.0654 e. The Kier molecular flexibility index (Phi) is 16.4. The van der Waals surface area contributed by atoms with E-state index in [1.54, 1.807) is 0 Å². The van der Waals surface area contributed by atoms with Gasteiger partial charge in [0.25, 0.3) is 0 Å². The molecule has 0 saturated heterocycles. The van der Waals surface area contributed by atoms with E-state index >= 15 is 0 Å². The molecule has 0 aromatic rings. The molecule has 2 atom stereocenters. The van der Waals surface area contributed by atoms with Crippen LogP contribution >= 0.6 is 0 Å². The number of rotatable bonds is 16. The zero-order valence-corrected chi connectivity index (χ0v) is 15.6. The van der Waals surface area contributed by atoms with Gasteiger partial charge in [-0.1, -0.05) is 118 Å². The smallest absolute Gasteiger partial charge is 0.0324 e. The molecule has 0 aromatic heterocycles. The second kappa shape index (κ2) is 16.4. The van der Waals surface area contributed by atoms with Crippen LogP contribution in [0.15, 0.2) is 0 Å². The molecule has 2 unspecified atom stereocenters. The van der Waals surface area contributed by atoms with Crippen molar-refractivity contribution < 1.29 is 0 Å². The Labute approximate surface area is 136 Å². The van der Waals surface area contributed by atoms with Crippen molar-refractivity contribution >= 4 is 0 Å². The van der Waals surface area contributed by atoms with E-state index in [0.717, 1.165) is 11.8 Å². The number of unbranched alkanes of at least 4 members (excludes halogenated alkanes) is 7. The maximum absolute atomic E-state index is 2.74. The molecule has 127 valence electrons. The van der Waals surface area contributed by atoms with Crippen LogP contribution in [-0.4, -0.2) is 0 Å². The lowest BCUT2D eigenvalue weighted by molar-refractivity contribution is 0.389. The van der Waals surface area contributed by atoms with Gasteiger partial charge in [0.2, 0.25) is 0 Å². The van der Waals surface area contributed by atoms with Gasteiger partial charge in [0.05, 0.1) is 0 Å². The van der Waals surface area contributed by atoms with Crippen molar-refractivity contribution in [2.24, 2.45) is 11.8 Å². The van der Waals surface area contributed by atoms with Crippen molar-refractivity contribution in [1.82, 2.24) is 0 Å². The van der Waals surface area contributed by atoms with E-state index in [2.05, 4.69) is 34.1 Å². The van der Waals surface area contributed by atoms with Gasteiger partial charge in [0, 0.05) is 0 Å². The van der Waals surface area contributed by atoms with Crippen LogP contribution in [0.25, 0.3) is 0 Å². The third-order valence-electron chi connectivity index (χ3n) is 4.84. The monoisotopic (exact) mass is 295 g/mol. The maximum atomic E-state index is 2.74. The summed E-state index contributed by atoms with van der Waals surface area (Å²) in [5, 5.41) is 0. The zero-order valence-electron chi connectivity index (χ0n) is 15.6. The van der Waals surface area contributed by atoms with E-state index < -0.39 is 0 Å². The largest absolute Gasteiger partial charge is 0.0654 e.